The molecule has 0 aliphatic rings. The van der Waals surface area contributed by atoms with Crippen molar-refractivity contribution in [1.29, 1.82) is 0 Å². The van der Waals surface area contributed by atoms with E-state index in [1.165, 1.54) is 0 Å². The average molecular weight is 149 g/mol. The molecule has 0 amide bonds. The predicted octanol–water partition coefficient (Wildman–Crippen LogP) is 0.535. The van der Waals surface area contributed by atoms with Gasteiger partial charge in [-0.1, -0.05) is 12.1 Å². The Morgan fingerprint density at radius 1 is 1.36 bits per heavy atom. The molecule has 0 bridgehead atoms. The number of rotatable bonds is 0. The van der Waals surface area contributed by atoms with E-state index in [9.17, 15) is 0 Å². The number of benzene rings is 1. The Kier molecular flexibility index (Phi) is 1.18. The van der Waals surface area contributed by atoms with Gasteiger partial charge in [0.25, 0.3) is 5.55 Å². The number of nitrogens with one attached hydrogen (secondary N) is 1. The summed E-state index contributed by atoms with van der Waals surface area (Å²) in [6, 6.07) is 7.60. The van der Waals surface area contributed by atoms with Crippen molar-refractivity contribution < 1.29 is 4.52 Å². The summed E-state index contributed by atoms with van der Waals surface area (Å²) >= 11 is 0. The van der Waals surface area contributed by atoms with Gasteiger partial charge in [-0.2, -0.15) is 0 Å². The highest BCUT2D eigenvalue weighted by Crippen LogP contribution is 2.04. The van der Waals surface area contributed by atoms with Crippen LogP contribution >= 0.6 is 0 Å². The summed E-state index contributed by atoms with van der Waals surface area (Å²) in [5, 5.41) is 7.05. The lowest BCUT2D eigenvalue weighted by Crippen LogP contribution is -2.00. The number of para-hydroxylation sites is 1. The molecule has 0 unspecified atom stereocenters. The first-order valence-electron chi connectivity index (χ1n) is 3.22. The minimum atomic E-state index is 0.431. The minimum Gasteiger partial charge on any atom is -0.359 e. The van der Waals surface area contributed by atoms with Crippen LogP contribution in [0.15, 0.2) is 33.9 Å². The molecule has 0 fully saturated rings. The van der Waals surface area contributed by atoms with Gasteiger partial charge in [0.2, 0.25) is 0 Å². The molecule has 0 saturated carbocycles. The molecule has 0 spiro atoms. The number of fused-ring (bicyclic) bond motifs is 1. The molecule has 3 N–H and O–H groups in total. The third kappa shape index (κ3) is 0.797. The zero-order chi connectivity index (χ0) is 7.68. The molecule has 11 heavy (non-hydrogen) atoms. The molecule has 0 aliphatic carbocycles. The molecule has 4 heteroatoms. The fourth-order valence-electron chi connectivity index (χ4n) is 1.01. The Morgan fingerprint density at radius 3 is 3.00 bits per heavy atom. The van der Waals surface area contributed by atoms with E-state index in [0.29, 0.717) is 5.55 Å². The number of hydrogen-bond donors (Lipinski definition) is 2. The van der Waals surface area contributed by atoms with Crippen LogP contribution in [0.2, 0.25) is 0 Å². The van der Waals surface area contributed by atoms with E-state index < -0.39 is 0 Å². The highest BCUT2D eigenvalue weighted by atomic mass is 16.5. The lowest BCUT2D eigenvalue weighted by molar-refractivity contribution is 0.387. The summed E-state index contributed by atoms with van der Waals surface area (Å²) < 4.78 is 4.95. The number of aromatic nitrogens is 1. The van der Waals surface area contributed by atoms with Crippen molar-refractivity contribution in [2.75, 3.05) is 0 Å². The van der Waals surface area contributed by atoms with Gasteiger partial charge in [-0.05, 0) is 12.1 Å². The van der Waals surface area contributed by atoms with Crippen LogP contribution in [-0.2, 0) is 0 Å². The Balaban J connectivity index is 2.98. The van der Waals surface area contributed by atoms with Crippen molar-refractivity contribution in [2.45, 2.75) is 0 Å². The third-order valence-corrected chi connectivity index (χ3v) is 1.53. The van der Waals surface area contributed by atoms with Gasteiger partial charge in [0.05, 0.1) is 10.9 Å². The van der Waals surface area contributed by atoms with Crippen molar-refractivity contribution in [3.8, 4) is 0 Å². The maximum atomic E-state index is 5.07. The second-order valence-corrected chi connectivity index (χ2v) is 2.18. The van der Waals surface area contributed by atoms with Crippen molar-refractivity contribution >= 4 is 10.9 Å². The molecule has 0 saturated heterocycles. The van der Waals surface area contributed by atoms with E-state index in [-0.39, 0.29) is 0 Å². The van der Waals surface area contributed by atoms with E-state index in [4.69, 9.17) is 10.4 Å². The van der Waals surface area contributed by atoms with Crippen molar-refractivity contribution in [2.24, 2.45) is 10.9 Å². The second kappa shape index (κ2) is 2.16. The fourth-order valence-corrected chi connectivity index (χ4v) is 1.01. The zero-order valence-electron chi connectivity index (χ0n) is 5.74. The fraction of sp³-hybridized carbons (Fsp3) is 0. The van der Waals surface area contributed by atoms with E-state index in [1.807, 2.05) is 24.3 Å². The van der Waals surface area contributed by atoms with Gasteiger partial charge in [-0.3, -0.25) is 0 Å². The van der Waals surface area contributed by atoms with Gasteiger partial charge in [0.15, 0.2) is 0 Å². The number of nitrogens with zero attached hydrogens (tertiary/aromatic N) is 1. The lowest BCUT2D eigenvalue weighted by Gasteiger charge is -1.80. The molecule has 56 valence electrons. The van der Waals surface area contributed by atoms with Crippen molar-refractivity contribution in [1.82, 2.24) is 5.16 Å². The summed E-state index contributed by atoms with van der Waals surface area (Å²) in [4.78, 5) is 0. The highest BCUT2D eigenvalue weighted by Gasteiger charge is 1.96. The Labute approximate surface area is 62.3 Å². The SMILES string of the molecule is N/N=c1\o[nH]c2ccccc12. The van der Waals surface area contributed by atoms with E-state index >= 15 is 0 Å². The van der Waals surface area contributed by atoms with Gasteiger partial charge in [0.1, 0.15) is 0 Å². The first-order valence-corrected chi connectivity index (χ1v) is 3.22. The predicted molar refractivity (Wildman–Crippen MR) is 40.3 cm³/mol. The van der Waals surface area contributed by atoms with E-state index in [2.05, 4.69) is 10.3 Å². The third-order valence-electron chi connectivity index (χ3n) is 1.53. The topological polar surface area (TPSA) is 67.3 Å². The van der Waals surface area contributed by atoms with Crippen LogP contribution < -0.4 is 11.4 Å². The Morgan fingerprint density at radius 2 is 2.18 bits per heavy atom. The molecule has 0 radical (unpaired) electrons. The van der Waals surface area contributed by atoms with Gasteiger partial charge in [-0.15, -0.1) is 5.10 Å². The monoisotopic (exact) mass is 149 g/mol. The van der Waals surface area contributed by atoms with Gasteiger partial charge in [0, 0.05) is 0 Å². The molecule has 1 aromatic carbocycles. The summed E-state index contributed by atoms with van der Waals surface area (Å²) in [7, 11) is 0. The second-order valence-electron chi connectivity index (χ2n) is 2.18. The number of nitrogens with two attached hydrogens (primary N) is 1. The molecule has 2 rings (SSSR count). The molecule has 0 aliphatic heterocycles. The average Bonchev–Trinajstić information content (AvgIpc) is 2.47. The smallest absolute Gasteiger partial charge is 0.271 e. The van der Waals surface area contributed by atoms with Crippen molar-refractivity contribution in [3.63, 3.8) is 0 Å². The quantitative estimate of drug-likeness (QED) is 0.424. The van der Waals surface area contributed by atoms with Crippen LogP contribution in [-0.4, -0.2) is 5.16 Å². The van der Waals surface area contributed by atoms with E-state index in [0.717, 1.165) is 10.9 Å². The largest absolute Gasteiger partial charge is 0.359 e. The molecule has 4 nitrogen and oxygen atoms in total. The van der Waals surface area contributed by atoms with Gasteiger partial charge >= 0.3 is 0 Å². The highest BCUT2D eigenvalue weighted by molar-refractivity contribution is 5.76. The van der Waals surface area contributed by atoms with Crippen LogP contribution in [0.1, 0.15) is 0 Å². The molecule has 0 atom stereocenters. The number of H-pyrrole nitrogens is 1. The van der Waals surface area contributed by atoms with Crippen molar-refractivity contribution in [3.05, 3.63) is 29.8 Å². The van der Waals surface area contributed by atoms with E-state index in [1.54, 1.807) is 0 Å². The first kappa shape index (κ1) is 6.03. The van der Waals surface area contributed by atoms with Gasteiger partial charge in [-0.25, -0.2) is 5.16 Å². The van der Waals surface area contributed by atoms with Gasteiger partial charge < -0.3 is 10.4 Å². The molecule has 1 aromatic heterocycles. The first-order chi connectivity index (χ1) is 5.42. The number of aromatic amines is 1. The number of hydrogen-bond acceptors (Lipinski definition) is 3. The summed E-state index contributed by atoms with van der Waals surface area (Å²) in [6.45, 7) is 0. The Bertz CT molecular complexity index is 426. The normalized spacial score (nSPS) is 12.5. The minimum absolute atomic E-state index is 0.431. The molecule has 2 aromatic rings. The Hall–Kier alpha value is -1.71. The standard InChI is InChI=1S/C7H7N3O/c8-9-7-5-3-1-2-4-6(5)10-11-7/h1-4,10H,8H2/b9-7-. The van der Waals surface area contributed by atoms with Crippen LogP contribution in [0.5, 0.6) is 0 Å². The maximum absolute atomic E-state index is 5.07. The molecular formula is C7H7N3O. The summed E-state index contributed by atoms with van der Waals surface area (Å²) in [5.41, 5.74) is 1.33. The molecule has 1 heterocycles. The van der Waals surface area contributed by atoms with Crippen LogP contribution in [0.3, 0.4) is 0 Å². The zero-order valence-corrected chi connectivity index (χ0v) is 5.74. The maximum Gasteiger partial charge on any atom is 0.271 e. The van der Waals surface area contributed by atoms with Crippen LogP contribution in [0, 0.1) is 0 Å². The van der Waals surface area contributed by atoms with Crippen LogP contribution in [0.25, 0.3) is 10.9 Å². The summed E-state index contributed by atoms with van der Waals surface area (Å²) in [5.74, 6) is 5.07. The van der Waals surface area contributed by atoms with Crippen LogP contribution in [0.4, 0.5) is 0 Å². The lowest BCUT2D eigenvalue weighted by atomic mass is 10.3. The summed E-state index contributed by atoms with van der Waals surface area (Å²) in [6.07, 6.45) is 0. The molecular weight excluding hydrogens is 142 g/mol.